The van der Waals surface area contributed by atoms with Crippen LogP contribution in [0.5, 0.6) is 0 Å². The summed E-state index contributed by atoms with van der Waals surface area (Å²) in [6.07, 6.45) is 2.49. The molecule has 142 valence electrons. The average Bonchev–Trinajstić information content (AvgIpc) is 3.05. The van der Waals surface area contributed by atoms with Crippen molar-refractivity contribution in [2.45, 2.75) is 39.3 Å². The van der Waals surface area contributed by atoms with Crippen molar-refractivity contribution in [2.24, 2.45) is 10.9 Å². The van der Waals surface area contributed by atoms with E-state index in [1.54, 1.807) is 0 Å². The van der Waals surface area contributed by atoms with Crippen LogP contribution in [0.25, 0.3) is 0 Å². The summed E-state index contributed by atoms with van der Waals surface area (Å²) in [6.45, 7) is 8.83. The van der Waals surface area contributed by atoms with Gasteiger partial charge in [0.15, 0.2) is 5.96 Å². The molecular formula is C19H33IN4O. The van der Waals surface area contributed by atoms with Gasteiger partial charge in [0.1, 0.15) is 0 Å². The quantitative estimate of drug-likeness (QED) is 0.317. The monoisotopic (exact) mass is 460 g/mol. The van der Waals surface area contributed by atoms with Crippen LogP contribution in [-0.2, 0) is 6.54 Å². The maximum Gasteiger partial charge on any atom is 0.191 e. The predicted octanol–water partition coefficient (Wildman–Crippen LogP) is 2.45. The summed E-state index contributed by atoms with van der Waals surface area (Å²) in [7, 11) is 0. The number of aliphatic hydroxyl groups is 1. The van der Waals surface area contributed by atoms with E-state index in [-0.39, 0.29) is 36.5 Å². The Morgan fingerprint density at radius 1 is 1.32 bits per heavy atom. The van der Waals surface area contributed by atoms with Gasteiger partial charge in [0.2, 0.25) is 0 Å². The molecule has 3 N–H and O–H groups in total. The van der Waals surface area contributed by atoms with Gasteiger partial charge in [-0.15, -0.1) is 24.0 Å². The molecule has 0 bridgehead atoms. The van der Waals surface area contributed by atoms with Gasteiger partial charge in [0, 0.05) is 38.8 Å². The van der Waals surface area contributed by atoms with Gasteiger partial charge in [-0.1, -0.05) is 37.3 Å². The lowest BCUT2D eigenvalue weighted by molar-refractivity contribution is 0.240. The Balaban J connectivity index is 0.00000312. The van der Waals surface area contributed by atoms with Crippen molar-refractivity contribution in [1.29, 1.82) is 0 Å². The zero-order valence-electron chi connectivity index (χ0n) is 15.4. The van der Waals surface area contributed by atoms with Crippen LogP contribution in [0.2, 0.25) is 0 Å². The highest BCUT2D eigenvalue weighted by atomic mass is 127. The number of hydrogen-bond acceptors (Lipinski definition) is 3. The van der Waals surface area contributed by atoms with Crippen molar-refractivity contribution in [3.8, 4) is 0 Å². The number of nitrogens with zero attached hydrogens (tertiary/aromatic N) is 2. The van der Waals surface area contributed by atoms with Gasteiger partial charge < -0.3 is 15.7 Å². The Morgan fingerprint density at radius 2 is 2.08 bits per heavy atom. The SMILES string of the molecule is CCNC(=NCC(C)CO)NCC1CCCN1Cc1ccccc1.I. The van der Waals surface area contributed by atoms with Crippen LogP contribution in [0.15, 0.2) is 35.3 Å². The Morgan fingerprint density at radius 3 is 2.76 bits per heavy atom. The van der Waals surface area contributed by atoms with E-state index < -0.39 is 0 Å². The van der Waals surface area contributed by atoms with E-state index >= 15 is 0 Å². The molecule has 2 rings (SSSR count). The number of benzene rings is 1. The molecule has 1 aromatic carbocycles. The summed E-state index contributed by atoms with van der Waals surface area (Å²) in [4.78, 5) is 7.13. The Labute approximate surface area is 169 Å². The van der Waals surface area contributed by atoms with E-state index in [0.29, 0.717) is 12.6 Å². The van der Waals surface area contributed by atoms with Crippen LogP contribution in [-0.4, -0.2) is 54.8 Å². The van der Waals surface area contributed by atoms with E-state index in [1.165, 1.54) is 18.4 Å². The largest absolute Gasteiger partial charge is 0.396 e. The standard InChI is InChI=1S/C19H32N4O.HI/c1-3-20-19(21-12-16(2)15-24)22-13-18-10-7-11-23(18)14-17-8-5-4-6-9-17;/h4-6,8-9,16,18,24H,3,7,10-15H2,1-2H3,(H2,20,21,22);1H. The lowest BCUT2D eigenvalue weighted by Crippen LogP contribution is -2.44. The first-order valence-corrected chi connectivity index (χ1v) is 9.14. The lowest BCUT2D eigenvalue weighted by atomic mass is 10.2. The summed E-state index contributed by atoms with van der Waals surface area (Å²) in [5, 5.41) is 15.9. The number of aliphatic hydroxyl groups excluding tert-OH is 1. The molecule has 0 radical (unpaired) electrons. The summed E-state index contributed by atoms with van der Waals surface area (Å²) in [5.41, 5.74) is 1.38. The van der Waals surface area contributed by atoms with Crippen LogP contribution >= 0.6 is 24.0 Å². The molecule has 1 fully saturated rings. The second-order valence-corrected chi connectivity index (χ2v) is 6.64. The fourth-order valence-electron chi connectivity index (χ4n) is 3.01. The molecule has 2 unspecified atom stereocenters. The number of rotatable bonds is 8. The van der Waals surface area contributed by atoms with E-state index in [1.807, 2.05) is 6.92 Å². The zero-order chi connectivity index (χ0) is 17.2. The van der Waals surface area contributed by atoms with Gasteiger partial charge in [0.05, 0.1) is 0 Å². The zero-order valence-corrected chi connectivity index (χ0v) is 17.8. The minimum absolute atomic E-state index is 0. The molecule has 0 aliphatic carbocycles. The van der Waals surface area contributed by atoms with Crippen LogP contribution in [0.1, 0.15) is 32.3 Å². The van der Waals surface area contributed by atoms with Crippen molar-refractivity contribution in [3.05, 3.63) is 35.9 Å². The van der Waals surface area contributed by atoms with Crippen LogP contribution < -0.4 is 10.6 Å². The molecule has 0 saturated carbocycles. The molecule has 1 saturated heterocycles. The average molecular weight is 460 g/mol. The predicted molar refractivity (Wildman–Crippen MR) is 116 cm³/mol. The number of nitrogens with one attached hydrogen (secondary N) is 2. The van der Waals surface area contributed by atoms with Gasteiger partial charge in [-0.2, -0.15) is 0 Å². The molecule has 1 aliphatic rings. The summed E-state index contributed by atoms with van der Waals surface area (Å²) >= 11 is 0. The van der Waals surface area contributed by atoms with E-state index in [4.69, 9.17) is 5.11 Å². The number of likely N-dealkylation sites (tertiary alicyclic amines) is 1. The van der Waals surface area contributed by atoms with Gasteiger partial charge in [-0.25, -0.2) is 0 Å². The molecule has 0 spiro atoms. The Bertz CT molecular complexity index is 497. The smallest absolute Gasteiger partial charge is 0.191 e. The van der Waals surface area contributed by atoms with Crippen molar-refractivity contribution >= 4 is 29.9 Å². The number of aliphatic imine (C=N–C) groups is 1. The van der Waals surface area contributed by atoms with Crippen LogP contribution in [0, 0.1) is 5.92 Å². The molecule has 6 heteroatoms. The van der Waals surface area contributed by atoms with E-state index in [9.17, 15) is 0 Å². The molecule has 25 heavy (non-hydrogen) atoms. The van der Waals surface area contributed by atoms with Crippen LogP contribution in [0.4, 0.5) is 0 Å². The fourth-order valence-corrected chi connectivity index (χ4v) is 3.01. The highest BCUT2D eigenvalue weighted by molar-refractivity contribution is 14.0. The van der Waals surface area contributed by atoms with Crippen LogP contribution in [0.3, 0.4) is 0 Å². The maximum atomic E-state index is 9.14. The Kier molecular flexibility index (Phi) is 11.1. The minimum atomic E-state index is 0. The van der Waals surface area contributed by atoms with Gasteiger partial charge in [0.25, 0.3) is 0 Å². The van der Waals surface area contributed by atoms with Crippen molar-refractivity contribution in [1.82, 2.24) is 15.5 Å². The molecule has 1 heterocycles. The Hall–Kier alpha value is -0.860. The molecule has 5 nitrogen and oxygen atoms in total. The summed E-state index contributed by atoms with van der Waals surface area (Å²) in [5.74, 6) is 1.05. The third kappa shape index (κ3) is 7.92. The fraction of sp³-hybridized carbons (Fsp3) is 0.632. The van der Waals surface area contributed by atoms with Crippen molar-refractivity contribution < 1.29 is 5.11 Å². The maximum absolute atomic E-state index is 9.14. The summed E-state index contributed by atoms with van der Waals surface area (Å²) in [6, 6.07) is 11.2. The number of hydrogen-bond donors (Lipinski definition) is 3. The van der Waals surface area contributed by atoms with E-state index in [2.05, 4.69) is 57.8 Å². The lowest BCUT2D eigenvalue weighted by Gasteiger charge is -2.25. The van der Waals surface area contributed by atoms with Gasteiger partial charge in [-0.3, -0.25) is 9.89 Å². The van der Waals surface area contributed by atoms with Gasteiger partial charge in [-0.05, 0) is 37.8 Å². The third-order valence-corrected chi connectivity index (χ3v) is 4.45. The molecular weight excluding hydrogens is 427 g/mol. The molecule has 1 aromatic rings. The number of halogens is 1. The van der Waals surface area contributed by atoms with Gasteiger partial charge >= 0.3 is 0 Å². The van der Waals surface area contributed by atoms with E-state index in [0.717, 1.165) is 32.1 Å². The normalized spacial score (nSPS) is 19.3. The molecule has 1 aliphatic heterocycles. The first-order valence-electron chi connectivity index (χ1n) is 9.14. The first-order chi connectivity index (χ1) is 11.7. The third-order valence-electron chi connectivity index (χ3n) is 4.45. The van der Waals surface area contributed by atoms with Crippen molar-refractivity contribution in [3.63, 3.8) is 0 Å². The minimum Gasteiger partial charge on any atom is -0.396 e. The number of guanidine groups is 1. The van der Waals surface area contributed by atoms with Crippen molar-refractivity contribution in [2.75, 3.05) is 32.8 Å². The second-order valence-electron chi connectivity index (χ2n) is 6.64. The first kappa shape index (κ1) is 22.2. The molecule has 0 amide bonds. The second kappa shape index (κ2) is 12.5. The topological polar surface area (TPSA) is 59.9 Å². The molecule has 0 aromatic heterocycles. The highest BCUT2D eigenvalue weighted by Gasteiger charge is 2.24. The molecule has 2 atom stereocenters. The highest BCUT2D eigenvalue weighted by Crippen LogP contribution is 2.19. The summed E-state index contributed by atoms with van der Waals surface area (Å²) < 4.78 is 0.